The summed E-state index contributed by atoms with van der Waals surface area (Å²) in [4.78, 5) is 0. The maximum absolute atomic E-state index is 5.36. The zero-order valence-corrected chi connectivity index (χ0v) is 10.4. The molecule has 3 rings (SSSR count). The Morgan fingerprint density at radius 3 is 2.89 bits per heavy atom. The fourth-order valence-corrected chi connectivity index (χ4v) is 2.05. The number of aromatic amines is 1. The number of nitrogens with zero attached hydrogens (tertiary/aromatic N) is 1. The highest BCUT2D eigenvalue weighted by molar-refractivity contribution is 5.52. The number of fused-ring (bicyclic) bond motifs is 1. The zero-order chi connectivity index (χ0) is 12.5. The standard InChI is InChI=1S/C13H15N3O2/c1-8-13(9(2)16-15-8)14-6-10-3-4-11-12(5-10)18-7-17-11/h3-5,14H,6-7H2,1-2H3,(H,15,16). The van der Waals surface area contributed by atoms with Gasteiger partial charge < -0.3 is 14.8 Å². The van der Waals surface area contributed by atoms with Gasteiger partial charge in [0.05, 0.1) is 17.1 Å². The van der Waals surface area contributed by atoms with E-state index in [1.54, 1.807) is 0 Å². The Bertz CT molecular complexity index is 558. The fraction of sp³-hybridized carbons (Fsp3) is 0.308. The van der Waals surface area contributed by atoms with Crippen LogP contribution in [-0.2, 0) is 6.54 Å². The predicted molar refractivity (Wildman–Crippen MR) is 68.0 cm³/mol. The van der Waals surface area contributed by atoms with Crippen LogP contribution < -0.4 is 14.8 Å². The molecule has 5 heteroatoms. The fourth-order valence-electron chi connectivity index (χ4n) is 2.05. The summed E-state index contributed by atoms with van der Waals surface area (Å²) >= 11 is 0. The molecule has 0 saturated heterocycles. The van der Waals surface area contributed by atoms with E-state index in [1.165, 1.54) is 0 Å². The van der Waals surface area contributed by atoms with Gasteiger partial charge in [-0.3, -0.25) is 5.10 Å². The van der Waals surface area contributed by atoms with E-state index in [0.717, 1.165) is 40.7 Å². The Morgan fingerprint density at radius 1 is 1.28 bits per heavy atom. The van der Waals surface area contributed by atoms with Gasteiger partial charge in [0.15, 0.2) is 11.5 Å². The Kier molecular flexibility index (Phi) is 2.59. The summed E-state index contributed by atoms with van der Waals surface area (Å²) in [5, 5.41) is 10.5. The van der Waals surface area contributed by atoms with Gasteiger partial charge in [-0.25, -0.2) is 0 Å². The van der Waals surface area contributed by atoms with E-state index < -0.39 is 0 Å². The van der Waals surface area contributed by atoms with E-state index in [9.17, 15) is 0 Å². The van der Waals surface area contributed by atoms with Crippen LogP contribution in [0.4, 0.5) is 5.69 Å². The zero-order valence-electron chi connectivity index (χ0n) is 10.4. The number of anilines is 1. The van der Waals surface area contributed by atoms with E-state index >= 15 is 0 Å². The SMILES string of the molecule is Cc1n[nH]c(C)c1NCc1ccc2c(c1)OCO2. The number of H-pyrrole nitrogens is 1. The van der Waals surface area contributed by atoms with E-state index in [2.05, 4.69) is 15.5 Å². The molecule has 0 fully saturated rings. The molecule has 2 N–H and O–H groups in total. The number of hydrogen-bond acceptors (Lipinski definition) is 4. The molecule has 1 aliphatic rings. The molecule has 1 aliphatic heterocycles. The lowest BCUT2D eigenvalue weighted by atomic mass is 10.2. The molecular formula is C13H15N3O2. The average Bonchev–Trinajstić information content (AvgIpc) is 2.94. The van der Waals surface area contributed by atoms with Crippen LogP contribution in [0.3, 0.4) is 0 Å². The minimum Gasteiger partial charge on any atom is -0.454 e. The first-order valence-corrected chi connectivity index (χ1v) is 5.88. The molecule has 0 radical (unpaired) electrons. The minimum absolute atomic E-state index is 0.312. The molecule has 1 aromatic heterocycles. The third-order valence-corrected chi connectivity index (χ3v) is 3.03. The number of ether oxygens (including phenoxy) is 2. The largest absolute Gasteiger partial charge is 0.454 e. The van der Waals surface area contributed by atoms with Crippen molar-refractivity contribution in [3.63, 3.8) is 0 Å². The van der Waals surface area contributed by atoms with Crippen molar-refractivity contribution in [3.8, 4) is 11.5 Å². The molecule has 0 saturated carbocycles. The van der Waals surface area contributed by atoms with Gasteiger partial charge in [-0.05, 0) is 31.5 Å². The summed E-state index contributed by atoms with van der Waals surface area (Å²) in [5.41, 5.74) is 4.24. The molecule has 0 spiro atoms. The molecule has 0 atom stereocenters. The second-order valence-electron chi connectivity index (χ2n) is 4.35. The maximum Gasteiger partial charge on any atom is 0.231 e. The monoisotopic (exact) mass is 245 g/mol. The number of hydrogen-bond donors (Lipinski definition) is 2. The predicted octanol–water partition coefficient (Wildman–Crippen LogP) is 2.37. The summed E-state index contributed by atoms with van der Waals surface area (Å²) < 4.78 is 10.6. The Labute approximate surface area is 105 Å². The van der Waals surface area contributed by atoms with Gasteiger partial charge in [0.2, 0.25) is 6.79 Å². The van der Waals surface area contributed by atoms with Crippen LogP contribution in [0.2, 0.25) is 0 Å². The van der Waals surface area contributed by atoms with E-state index in [1.807, 2.05) is 32.0 Å². The number of nitrogens with one attached hydrogen (secondary N) is 2. The quantitative estimate of drug-likeness (QED) is 0.871. The Morgan fingerprint density at radius 2 is 2.11 bits per heavy atom. The maximum atomic E-state index is 5.36. The molecule has 18 heavy (non-hydrogen) atoms. The van der Waals surface area contributed by atoms with Crippen molar-refractivity contribution in [2.45, 2.75) is 20.4 Å². The Hall–Kier alpha value is -2.17. The highest BCUT2D eigenvalue weighted by Crippen LogP contribution is 2.32. The smallest absolute Gasteiger partial charge is 0.231 e. The number of benzene rings is 1. The van der Waals surface area contributed by atoms with Gasteiger partial charge in [-0.15, -0.1) is 0 Å². The molecule has 0 aliphatic carbocycles. The van der Waals surface area contributed by atoms with Crippen molar-refractivity contribution in [1.82, 2.24) is 10.2 Å². The van der Waals surface area contributed by atoms with Crippen LogP contribution in [0.25, 0.3) is 0 Å². The van der Waals surface area contributed by atoms with Crippen molar-refractivity contribution in [1.29, 1.82) is 0 Å². The molecule has 2 aromatic rings. The molecule has 0 bridgehead atoms. The lowest BCUT2D eigenvalue weighted by molar-refractivity contribution is 0.174. The molecule has 1 aromatic carbocycles. The van der Waals surface area contributed by atoms with Crippen LogP contribution in [0, 0.1) is 13.8 Å². The van der Waals surface area contributed by atoms with Crippen LogP contribution >= 0.6 is 0 Å². The Balaban J connectivity index is 1.74. The third kappa shape index (κ3) is 1.88. The van der Waals surface area contributed by atoms with Crippen LogP contribution in [0.1, 0.15) is 17.0 Å². The summed E-state index contributed by atoms with van der Waals surface area (Å²) in [6, 6.07) is 5.97. The van der Waals surface area contributed by atoms with Crippen molar-refractivity contribution < 1.29 is 9.47 Å². The molecular weight excluding hydrogens is 230 g/mol. The molecule has 0 unspecified atom stereocenters. The van der Waals surface area contributed by atoms with Crippen molar-refractivity contribution in [2.24, 2.45) is 0 Å². The van der Waals surface area contributed by atoms with E-state index in [-0.39, 0.29) is 0 Å². The first-order valence-electron chi connectivity index (χ1n) is 5.88. The van der Waals surface area contributed by atoms with E-state index in [4.69, 9.17) is 9.47 Å². The second-order valence-corrected chi connectivity index (χ2v) is 4.35. The van der Waals surface area contributed by atoms with Gasteiger partial charge in [0.1, 0.15) is 0 Å². The topological polar surface area (TPSA) is 59.2 Å². The number of rotatable bonds is 3. The van der Waals surface area contributed by atoms with Crippen molar-refractivity contribution in [2.75, 3.05) is 12.1 Å². The lowest BCUT2D eigenvalue weighted by Crippen LogP contribution is -2.01. The average molecular weight is 245 g/mol. The molecule has 5 nitrogen and oxygen atoms in total. The van der Waals surface area contributed by atoms with Crippen LogP contribution in [-0.4, -0.2) is 17.0 Å². The number of aryl methyl sites for hydroxylation is 2. The summed E-state index contributed by atoms with van der Waals surface area (Å²) in [5.74, 6) is 1.63. The van der Waals surface area contributed by atoms with Crippen LogP contribution in [0.5, 0.6) is 11.5 Å². The summed E-state index contributed by atoms with van der Waals surface area (Å²) in [7, 11) is 0. The van der Waals surface area contributed by atoms with Gasteiger partial charge in [-0.2, -0.15) is 5.10 Å². The lowest BCUT2D eigenvalue weighted by Gasteiger charge is -2.07. The van der Waals surface area contributed by atoms with Crippen molar-refractivity contribution in [3.05, 3.63) is 35.2 Å². The molecule has 94 valence electrons. The second kappa shape index (κ2) is 4.25. The third-order valence-electron chi connectivity index (χ3n) is 3.03. The summed E-state index contributed by atoms with van der Waals surface area (Å²) in [6.07, 6.45) is 0. The summed E-state index contributed by atoms with van der Waals surface area (Å²) in [6.45, 7) is 5.03. The highest BCUT2D eigenvalue weighted by Gasteiger charge is 2.13. The first-order chi connectivity index (χ1) is 8.74. The van der Waals surface area contributed by atoms with Gasteiger partial charge in [0.25, 0.3) is 0 Å². The van der Waals surface area contributed by atoms with Gasteiger partial charge >= 0.3 is 0 Å². The number of aromatic nitrogens is 2. The normalized spacial score (nSPS) is 12.8. The van der Waals surface area contributed by atoms with Crippen molar-refractivity contribution >= 4 is 5.69 Å². The van der Waals surface area contributed by atoms with Gasteiger partial charge in [0, 0.05) is 6.54 Å². The molecule has 2 heterocycles. The highest BCUT2D eigenvalue weighted by atomic mass is 16.7. The minimum atomic E-state index is 0.312. The first kappa shape index (κ1) is 11.0. The van der Waals surface area contributed by atoms with Gasteiger partial charge in [-0.1, -0.05) is 6.07 Å². The van der Waals surface area contributed by atoms with E-state index in [0.29, 0.717) is 6.79 Å². The molecule has 0 amide bonds. The van der Waals surface area contributed by atoms with Crippen LogP contribution in [0.15, 0.2) is 18.2 Å².